The zero-order valence-electron chi connectivity index (χ0n) is 16.3. The third-order valence-electron chi connectivity index (χ3n) is 5.00. The monoisotopic (exact) mass is 410 g/mol. The van der Waals surface area contributed by atoms with Crippen molar-refractivity contribution in [1.82, 2.24) is 15.0 Å². The van der Waals surface area contributed by atoms with E-state index in [0.29, 0.717) is 16.2 Å². The van der Waals surface area contributed by atoms with Gasteiger partial charge in [0.1, 0.15) is 46.7 Å². The lowest BCUT2D eigenvalue weighted by Gasteiger charge is -2.10. The van der Waals surface area contributed by atoms with Crippen LogP contribution in [-0.4, -0.2) is 15.0 Å². The quantitative estimate of drug-likeness (QED) is 0.487. The molecule has 0 aliphatic carbocycles. The molecule has 1 aromatic carbocycles. The lowest BCUT2D eigenvalue weighted by molar-refractivity contribution is 1.16. The minimum Gasteiger partial charge on any atom is -0.235 e. The number of rotatable bonds is 0. The number of hydrogen-bond donors (Lipinski definition) is 0. The van der Waals surface area contributed by atoms with Crippen LogP contribution in [0, 0.1) is 74.9 Å². The van der Waals surface area contributed by atoms with Gasteiger partial charge in [0.05, 0.1) is 22.7 Å². The Kier molecular flexibility index (Phi) is 4.47. The molecule has 10 heteroatoms. The molecule has 2 aromatic heterocycles. The summed E-state index contributed by atoms with van der Waals surface area (Å²) in [6.07, 6.45) is 1.71. The number of fused-ring (bicyclic) bond motifs is 6. The van der Waals surface area contributed by atoms with E-state index < -0.39 is 0 Å². The largest absolute Gasteiger partial charge is 0.235 e. The number of allylic oxidation sites excluding steroid dienone is 2. The molecule has 3 heterocycles. The Hall–Kier alpha value is -5.68. The van der Waals surface area contributed by atoms with Gasteiger partial charge >= 0.3 is 0 Å². The van der Waals surface area contributed by atoms with Gasteiger partial charge in [-0.25, -0.2) is 19.9 Å². The van der Waals surface area contributed by atoms with E-state index in [1.807, 2.05) is 36.4 Å². The fourth-order valence-corrected chi connectivity index (χ4v) is 3.55. The predicted octanol–water partition coefficient (Wildman–Crippen LogP) is 1.08. The lowest BCUT2D eigenvalue weighted by Crippen LogP contribution is -2.29. The van der Waals surface area contributed by atoms with Crippen LogP contribution in [0.5, 0.6) is 0 Å². The molecule has 0 fully saturated rings. The molecule has 32 heavy (non-hydrogen) atoms. The highest BCUT2D eigenvalue weighted by Crippen LogP contribution is 2.26. The van der Waals surface area contributed by atoms with E-state index in [2.05, 4.69) is 19.9 Å². The molecule has 0 radical (unpaired) electrons. The number of nitrogens with zero attached hydrogens (tertiary/aromatic N) is 10. The van der Waals surface area contributed by atoms with E-state index in [1.54, 1.807) is 13.0 Å². The number of pyridine rings is 1. The molecule has 0 atom stereocenters. The molecular weight excluding hydrogens is 404 g/mol. The second-order valence-electron chi connectivity index (χ2n) is 6.58. The average molecular weight is 410 g/mol. The second kappa shape index (κ2) is 7.29. The molecule has 0 spiro atoms. The van der Waals surface area contributed by atoms with Gasteiger partial charge in [0, 0.05) is 17.0 Å². The summed E-state index contributed by atoms with van der Waals surface area (Å²) in [7, 11) is 0. The maximum atomic E-state index is 9.58. The van der Waals surface area contributed by atoms with Crippen molar-refractivity contribution in [2.75, 3.05) is 0 Å². The van der Waals surface area contributed by atoms with E-state index in [0.717, 1.165) is 0 Å². The lowest BCUT2D eigenvalue weighted by atomic mass is 9.99. The van der Waals surface area contributed by atoms with Crippen LogP contribution >= 0.6 is 0 Å². The topological polar surface area (TPSA) is 194 Å². The number of hydrogen-bond acceptors (Lipinski definition) is 10. The Morgan fingerprint density at radius 1 is 0.719 bits per heavy atom. The molecule has 1 aliphatic heterocycles. The van der Waals surface area contributed by atoms with Crippen molar-refractivity contribution in [3.8, 4) is 36.4 Å². The van der Waals surface area contributed by atoms with Crippen LogP contribution in [-0.2, 0) is 0 Å². The Balaban J connectivity index is 2.46. The van der Waals surface area contributed by atoms with Gasteiger partial charge < -0.3 is 0 Å². The normalized spacial score (nSPS) is 12.0. The summed E-state index contributed by atoms with van der Waals surface area (Å²) < 4.78 is 0. The fraction of sp³-hybridized carbons (Fsp3) is 0.0909. The van der Waals surface area contributed by atoms with Gasteiger partial charge in [-0.1, -0.05) is 6.08 Å². The molecule has 0 saturated heterocycles. The predicted molar refractivity (Wildman–Crippen MR) is 107 cm³/mol. The van der Waals surface area contributed by atoms with Gasteiger partial charge in [-0.15, -0.1) is 0 Å². The van der Waals surface area contributed by atoms with Crippen molar-refractivity contribution >= 4 is 28.0 Å². The summed E-state index contributed by atoms with van der Waals surface area (Å²) in [6, 6.07) is 11.4. The van der Waals surface area contributed by atoms with Gasteiger partial charge in [-0.3, -0.25) is 0 Å². The zero-order chi connectivity index (χ0) is 23.0. The first-order chi connectivity index (χ1) is 15.5. The third-order valence-corrected chi connectivity index (χ3v) is 5.00. The van der Waals surface area contributed by atoms with E-state index in [4.69, 9.17) is 0 Å². The zero-order valence-corrected chi connectivity index (χ0v) is 16.3. The van der Waals surface area contributed by atoms with Crippen LogP contribution in [0.25, 0.3) is 28.0 Å². The molecule has 0 N–H and O–H groups in total. The highest BCUT2D eigenvalue weighted by molar-refractivity contribution is 6.05. The van der Waals surface area contributed by atoms with Crippen molar-refractivity contribution < 1.29 is 0 Å². The first-order valence-electron chi connectivity index (χ1n) is 8.93. The molecule has 0 amide bonds. The summed E-state index contributed by atoms with van der Waals surface area (Å²) in [5.41, 5.74) is 0.410. The molecule has 0 saturated carbocycles. The Labute approximate surface area is 179 Å². The number of aromatic nitrogens is 3. The van der Waals surface area contributed by atoms with Crippen LogP contribution in [0.3, 0.4) is 0 Å². The molecule has 4 rings (SSSR count). The number of benzene rings is 1. The highest BCUT2D eigenvalue weighted by Gasteiger charge is 2.22. The summed E-state index contributed by atoms with van der Waals surface area (Å²) in [4.78, 5) is 17.3. The van der Waals surface area contributed by atoms with Gasteiger partial charge in [0.2, 0.25) is 0 Å². The molecule has 0 bridgehead atoms. The van der Waals surface area contributed by atoms with E-state index in [9.17, 15) is 31.6 Å². The van der Waals surface area contributed by atoms with Crippen LogP contribution < -0.4 is 10.6 Å². The van der Waals surface area contributed by atoms with Gasteiger partial charge in [-0.2, -0.15) is 31.6 Å². The van der Waals surface area contributed by atoms with E-state index in [-0.39, 0.29) is 62.2 Å². The number of aryl methyl sites for hydroxylation is 1. The van der Waals surface area contributed by atoms with Crippen molar-refractivity contribution in [2.24, 2.45) is 4.99 Å². The fourth-order valence-electron chi connectivity index (χ4n) is 3.55. The number of nitriles is 6. The standard InChI is InChI=1S/C22H6N10/c1-10-13(5-24)15(7-26)30-19-12-3-2-11(4-23)14(6-25)29-20(12)22-21(18(10)19)31-16(8-27)17(9-28)32-22/h3H,2H2,1H3. The molecular formula is C22H6N10. The maximum Gasteiger partial charge on any atom is 0.177 e. The molecule has 144 valence electrons. The third kappa shape index (κ3) is 2.60. The summed E-state index contributed by atoms with van der Waals surface area (Å²) >= 11 is 0. The average Bonchev–Trinajstić information content (AvgIpc) is 3.02. The smallest absolute Gasteiger partial charge is 0.177 e. The Morgan fingerprint density at radius 3 is 1.91 bits per heavy atom. The molecule has 1 aliphatic rings. The summed E-state index contributed by atoms with van der Waals surface area (Å²) in [5, 5.41) is 57.8. The second-order valence-corrected chi connectivity index (χ2v) is 6.58. The minimum atomic E-state index is -0.233. The summed E-state index contributed by atoms with van der Waals surface area (Å²) in [5.74, 6) is 0. The highest BCUT2D eigenvalue weighted by atomic mass is 14.9. The van der Waals surface area contributed by atoms with Gasteiger partial charge in [-0.05, 0) is 12.5 Å². The first-order valence-corrected chi connectivity index (χ1v) is 8.93. The molecule has 10 nitrogen and oxygen atoms in total. The first kappa shape index (κ1) is 19.6. The summed E-state index contributed by atoms with van der Waals surface area (Å²) in [6.45, 7) is 1.62. The minimum absolute atomic E-state index is 0.0463. The van der Waals surface area contributed by atoms with Crippen LogP contribution in [0.4, 0.5) is 0 Å². The maximum absolute atomic E-state index is 9.58. The van der Waals surface area contributed by atoms with E-state index in [1.165, 1.54) is 0 Å². The van der Waals surface area contributed by atoms with Crippen LogP contribution in [0.2, 0.25) is 0 Å². The molecule has 0 unspecified atom stereocenters. The van der Waals surface area contributed by atoms with Crippen molar-refractivity contribution in [1.29, 1.82) is 31.6 Å². The van der Waals surface area contributed by atoms with Gasteiger partial charge in [0.25, 0.3) is 0 Å². The van der Waals surface area contributed by atoms with Gasteiger partial charge in [0.15, 0.2) is 22.8 Å². The van der Waals surface area contributed by atoms with Crippen molar-refractivity contribution in [3.05, 3.63) is 50.1 Å². The van der Waals surface area contributed by atoms with E-state index >= 15 is 0 Å². The van der Waals surface area contributed by atoms with Crippen LogP contribution in [0.1, 0.15) is 34.6 Å². The van der Waals surface area contributed by atoms with Crippen molar-refractivity contribution in [2.45, 2.75) is 13.3 Å². The van der Waals surface area contributed by atoms with Crippen molar-refractivity contribution in [3.63, 3.8) is 0 Å². The Bertz CT molecular complexity index is 1820. The van der Waals surface area contributed by atoms with Crippen LogP contribution in [0.15, 0.2) is 16.3 Å². The SMILES string of the molecule is Cc1c(C#N)c(C#N)nc2c3c(c4nc(C#N)c(C#N)nc4c12)=NC(C#N)=C(C#N)CC=3. The molecule has 3 aromatic rings. The Morgan fingerprint density at radius 2 is 1.34 bits per heavy atom.